The summed E-state index contributed by atoms with van der Waals surface area (Å²) in [5, 5.41) is 26.5. The number of halogens is 1. The molecule has 3 aromatic rings. The van der Waals surface area contributed by atoms with Crippen LogP contribution in [0.2, 0.25) is 0 Å². The molecule has 0 saturated carbocycles. The summed E-state index contributed by atoms with van der Waals surface area (Å²) in [6.45, 7) is 4.64. The maximum Gasteiger partial charge on any atom is 0.283 e. The van der Waals surface area contributed by atoms with Crippen LogP contribution in [0.1, 0.15) is 23.6 Å². The van der Waals surface area contributed by atoms with E-state index in [1.54, 1.807) is 12.1 Å². The lowest BCUT2D eigenvalue weighted by Gasteiger charge is -2.20. The summed E-state index contributed by atoms with van der Waals surface area (Å²) in [5.41, 5.74) is 2.74. The molecule has 0 aromatic heterocycles. The molecule has 0 atom stereocenters. The predicted molar refractivity (Wildman–Crippen MR) is 170 cm³/mol. The Bertz CT molecular complexity index is 1650. The number of ether oxygens (including phenoxy) is 3. The molecule has 0 spiro atoms. The van der Waals surface area contributed by atoms with E-state index >= 15 is 0 Å². The zero-order valence-electron chi connectivity index (χ0n) is 22.5. The summed E-state index contributed by atoms with van der Waals surface area (Å²) in [7, 11) is 0. The van der Waals surface area contributed by atoms with Crippen LogP contribution in [-0.4, -0.2) is 51.7 Å². The number of nitro groups is 1. The van der Waals surface area contributed by atoms with Crippen LogP contribution in [0.15, 0.2) is 76.3 Å². The molecule has 214 valence electrons. The molecule has 0 radical (unpaired) electrons. The van der Waals surface area contributed by atoms with Crippen molar-refractivity contribution in [2.24, 2.45) is 10.1 Å². The second kappa shape index (κ2) is 12.7. The molecule has 1 N–H and O–H groups in total. The number of rotatable bonds is 10. The molecular weight excluding hydrogens is 673 g/mol. The Morgan fingerprint density at radius 2 is 1.79 bits per heavy atom. The predicted octanol–water partition coefficient (Wildman–Crippen LogP) is 6.03. The first-order chi connectivity index (χ1) is 20.2. The third-order valence-corrected chi connectivity index (χ3v) is 7.80. The molecule has 2 heterocycles. The summed E-state index contributed by atoms with van der Waals surface area (Å²) >= 11 is 3.38. The van der Waals surface area contributed by atoms with Gasteiger partial charge in [0.25, 0.3) is 11.6 Å². The summed E-state index contributed by atoms with van der Waals surface area (Å²) < 4.78 is 18.2. The molecule has 1 amide bonds. The van der Waals surface area contributed by atoms with E-state index in [0.29, 0.717) is 39.6 Å². The number of benzene rings is 3. The van der Waals surface area contributed by atoms with E-state index < -0.39 is 10.8 Å². The third kappa shape index (κ3) is 6.46. The molecule has 5 rings (SSSR count). The SMILES string of the molecule is CCOc1cc(/C=C2/C(=N)N3N=C(c4ccc(C)cc4)SC3=NC2=O)cc(I)c1OCCOc1ccc([N+](=O)[O-])cc1. The van der Waals surface area contributed by atoms with Crippen molar-refractivity contribution in [3.8, 4) is 17.2 Å². The van der Waals surface area contributed by atoms with Crippen molar-refractivity contribution >= 4 is 68.1 Å². The highest BCUT2D eigenvalue weighted by molar-refractivity contribution is 14.1. The van der Waals surface area contributed by atoms with Gasteiger partial charge in [-0.1, -0.05) is 29.8 Å². The van der Waals surface area contributed by atoms with E-state index in [-0.39, 0.29) is 30.3 Å². The Labute approximate surface area is 259 Å². The van der Waals surface area contributed by atoms with E-state index in [1.807, 2.05) is 44.2 Å². The molecular formula is C29H24IN5O6S. The highest BCUT2D eigenvalue weighted by Gasteiger charge is 2.36. The van der Waals surface area contributed by atoms with Crippen LogP contribution < -0.4 is 14.2 Å². The van der Waals surface area contributed by atoms with Crippen LogP contribution in [-0.2, 0) is 4.79 Å². The van der Waals surface area contributed by atoms with E-state index in [1.165, 1.54) is 41.0 Å². The van der Waals surface area contributed by atoms with E-state index in [9.17, 15) is 14.9 Å². The smallest absolute Gasteiger partial charge is 0.283 e. The van der Waals surface area contributed by atoms with Crippen LogP contribution in [0.4, 0.5) is 5.69 Å². The van der Waals surface area contributed by atoms with Gasteiger partial charge < -0.3 is 14.2 Å². The molecule has 0 bridgehead atoms. The van der Waals surface area contributed by atoms with E-state index in [0.717, 1.165) is 14.7 Å². The number of carbonyl (C=O) groups is 1. The number of nitrogens with zero attached hydrogens (tertiary/aromatic N) is 4. The van der Waals surface area contributed by atoms with Crippen molar-refractivity contribution in [2.75, 3.05) is 19.8 Å². The lowest BCUT2D eigenvalue weighted by Crippen LogP contribution is -2.35. The van der Waals surface area contributed by atoms with Gasteiger partial charge in [-0.15, -0.1) is 0 Å². The van der Waals surface area contributed by atoms with Gasteiger partial charge in [0.2, 0.25) is 5.17 Å². The minimum atomic E-state index is -0.518. The zero-order valence-corrected chi connectivity index (χ0v) is 25.5. The number of aryl methyl sites for hydroxylation is 1. The monoisotopic (exact) mass is 697 g/mol. The molecule has 11 nitrogen and oxygen atoms in total. The number of amidine groups is 2. The van der Waals surface area contributed by atoms with Gasteiger partial charge in [-0.25, -0.2) is 0 Å². The number of nitro benzene ring substituents is 1. The molecule has 2 aliphatic rings. The van der Waals surface area contributed by atoms with Crippen molar-refractivity contribution in [3.05, 3.63) is 96.6 Å². The third-order valence-electron chi connectivity index (χ3n) is 6.04. The second-order valence-corrected chi connectivity index (χ2v) is 11.1. The van der Waals surface area contributed by atoms with Gasteiger partial charge in [-0.05, 0) is 84.1 Å². The Balaban J connectivity index is 1.31. The van der Waals surface area contributed by atoms with Gasteiger partial charge >= 0.3 is 0 Å². The number of hydrogen-bond acceptors (Lipinski definition) is 9. The van der Waals surface area contributed by atoms with Crippen molar-refractivity contribution in [1.29, 1.82) is 5.41 Å². The average molecular weight is 698 g/mol. The summed E-state index contributed by atoms with van der Waals surface area (Å²) in [4.78, 5) is 27.5. The minimum Gasteiger partial charge on any atom is -0.490 e. The van der Waals surface area contributed by atoms with Crippen molar-refractivity contribution in [1.82, 2.24) is 5.01 Å². The van der Waals surface area contributed by atoms with Crippen LogP contribution in [0.25, 0.3) is 6.08 Å². The normalized spacial score (nSPS) is 15.3. The largest absolute Gasteiger partial charge is 0.490 e. The van der Waals surface area contributed by atoms with Gasteiger partial charge in [0, 0.05) is 17.7 Å². The van der Waals surface area contributed by atoms with Crippen molar-refractivity contribution in [2.45, 2.75) is 13.8 Å². The Kier molecular flexibility index (Phi) is 8.87. The van der Waals surface area contributed by atoms with Gasteiger partial charge in [0.1, 0.15) is 24.0 Å². The van der Waals surface area contributed by atoms with Crippen LogP contribution in [0, 0.1) is 26.0 Å². The van der Waals surface area contributed by atoms with Gasteiger partial charge in [0.15, 0.2) is 17.3 Å². The first kappa shape index (κ1) is 29.3. The number of nitrogens with one attached hydrogen (secondary N) is 1. The van der Waals surface area contributed by atoms with E-state index in [4.69, 9.17) is 19.6 Å². The van der Waals surface area contributed by atoms with Gasteiger partial charge in [0.05, 0.1) is 20.7 Å². The molecule has 13 heteroatoms. The lowest BCUT2D eigenvalue weighted by molar-refractivity contribution is -0.384. The molecule has 3 aromatic carbocycles. The first-order valence-electron chi connectivity index (χ1n) is 12.8. The zero-order chi connectivity index (χ0) is 29.8. The topological polar surface area (TPSA) is 140 Å². The Morgan fingerprint density at radius 3 is 2.48 bits per heavy atom. The van der Waals surface area contributed by atoms with Crippen molar-refractivity contribution < 1.29 is 23.9 Å². The average Bonchev–Trinajstić information content (AvgIpc) is 3.39. The van der Waals surface area contributed by atoms with Crippen LogP contribution >= 0.6 is 34.4 Å². The number of carbonyl (C=O) groups excluding carboxylic acids is 1. The first-order valence-corrected chi connectivity index (χ1v) is 14.7. The highest BCUT2D eigenvalue weighted by Crippen LogP contribution is 2.36. The summed E-state index contributed by atoms with van der Waals surface area (Å²) in [6.07, 6.45) is 1.60. The number of thioether (sulfide) groups is 1. The quantitative estimate of drug-likeness (QED) is 0.0891. The molecule has 0 aliphatic carbocycles. The summed E-state index contributed by atoms with van der Waals surface area (Å²) in [5.74, 6) is 0.901. The number of aliphatic imine (C=N–C) groups is 1. The molecule has 0 unspecified atom stereocenters. The molecule has 0 saturated heterocycles. The number of hydrogen-bond donors (Lipinski definition) is 1. The van der Waals surface area contributed by atoms with Gasteiger partial charge in [-0.3, -0.25) is 20.3 Å². The maximum absolute atomic E-state index is 13.0. The molecule has 2 aliphatic heterocycles. The molecule has 0 fully saturated rings. The minimum absolute atomic E-state index is 0.0130. The number of hydrazone groups is 1. The second-order valence-electron chi connectivity index (χ2n) is 9.00. The Morgan fingerprint density at radius 1 is 1.07 bits per heavy atom. The molecule has 42 heavy (non-hydrogen) atoms. The lowest BCUT2D eigenvalue weighted by atomic mass is 10.1. The standard InChI is InChI=1S/C29H24IN5O6S/c1-3-39-24-16-18(15-23(30)25(24)41-13-12-40-21-10-8-20(9-11-21)35(37)38)14-22-26(31)34-29(32-27(22)36)42-28(33-34)19-6-4-17(2)5-7-19/h4-11,14-16,31H,3,12-13H2,1-2H3/b22-14-,31-26?. The number of non-ortho nitro benzene ring substituents is 1. The van der Waals surface area contributed by atoms with Gasteiger partial charge in [-0.2, -0.15) is 15.1 Å². The number of fused-ring (bicyclic) bond motifs is 1. The van der Waals surface area contributed by atoms with E-state index in [2.05, 4.69) is 32.7 Å². The van der Waals surface area contributed by atoms with Crippen LogP contribution in [0.5, 0.6) is 17.2 Å². The summed E-state index contributed by atoms with van der Waals surface area (Å²) in [6, 6.07) is 17.2. The van der Waals surface area contributed by atoms with Crippen LogP contribution in [0.3, 0.4) is 0 Å². The Hall–Kier alpha value is -4.24. The maximum atomic E-state index is 13.0. The van der Waals surface area contributed by atoms with Crippen molar-refractivity contribution in [3.63, 3.8) is 0 Å². The fourth-order valence-electron chi connectivity index (χ4n) is 4.01. The highest BCUT2D eigenvalue weighted by atomic mass is 127. The number of amides is 1. The fourth-order valence-corrected chi connectivity index (χ4v) is 5.69. The fraction of sp³-hybridized carbons (Fsp3) is 0.172.